The molecule has 8 heteroatoms. The monoisotopic (exact) mass is 371 g/mol. The molecule has 2 aromatic heterocycles. The summed E-state index contributed by atoms with van der Waals surface area (Å²) in [4.78, 5) is 24.2. The Kier molecular flexibility index (Phi) is 5.18. The van der Waals surface area contributed by atoms with E-state index >= 15 is 0 Å². The molecule has 0 aliphatic carbocycles. The summed E-state index contributed by atoms with van der Waals surface area (Å²) in [5.74, 6) is 0.256. The maximum atomic E-state index is 12.2. The van der Waals surface area contributed by atoms with E-state index in [-0.39, 0.29) is 24.6 Å². The molecule has 0 aliphatic heterocycles. The topological polar surface area (TPSA) is 81.8 Å². The molecule has 0 aliphatic rings. The molecule has 3 rings (SSSR count). The zero-order valence-corrected chi connectivity index (χ0v) is 15.2. The van der Waals surface area contributed by atoms with Gasteiger partial charge in [0.05, 0.1) is 22.8 Å². The van der Waals surface area contributed by atoms with Crippen LogP contribution in [0, 0.1) is 13.8 Å². The van der Waals surface area contributed by atoms with Crippen molar-refractivity contribution in [1.29, 1.82) is 0 Å². The van der Waals surface area contributed by atoms with E-state index in [1.807, 2.05) is 19.9 Å². The molecule has 0 spiro atoms. The first-order valence-electron chi connectivity index (χ1n) is 8.10. The van der Waals surface area contributed by atoms with Gasteiger partial charge in [0.2, 0.25) is 0 Å². The third-order valence-corrected chi connectivity index (χ3v) is 4.14. The van der Waals surface area contributed by atoms with E-state index in [9.17, 15) is 9.59 Å². The number of rotatable bonds is 5. The van der Waals surface area contributed by atoms with Gasteiger partial charge in [0.25, 0.3) is 11.5 Å². The molecule has 0 saturated carbocycles. The number of nitrogens with one attached hydrogen (secondary N) is 1. The largest absolute Gasteiger partial charge is 0.350 e. The number of hydrogen-bond acceptors (Lipinski definition) is 4. The van der Waals surface area contributed by atoms with Crippen LogP contribution < -0.4 is 10.9 Å². The zero-order valence-electron chi connectivity index (χ0n) is 14.4. The zero-order chi connectivity index (χ0) is 18.7. The number of halogens is 1. The van der Waals surface area contributed by atoms with Gasteiger partial charge in [-0.05, 0) is 38.1 Å². The first kappa shape index (κ1) is 17.9. The lowest BCUT2D eigenvalue weighted by atomic mass is 10.2. The van der Waals surface area contributed by atoms with Crippen molar-refractivity contribution in [2.24, 2.45) is 0 Å². The molecular weight excluding hydrogens is 354 g/mol. The van der Waals surface area contributed by atoms with E-state index in [0.717, 1.165) is 11.4 Å². The lowest BCUT2D eigenvalue weighted by Gasteiger charge is -2.09. The second-order valence-electron chi connectivity index (χ2n) is 5.83. The summed E-state index contributed by atoms with van der Waals surface area (Å²) >= 11 is 6.01. The van der Waals surface area contributed by atoms with Crippen LogP contribution >= 0.6 is 11.6 Å². The number of nitrogens with zero attached hydrogens (tertiary/aromatic N) is 4. The van der Waals surface area contributed by atoms with Crippen LogP contribution in [0.25, 0.3) is 5.82 Å². The predicted octanol–water partition coefficient (Wildman–Crippen LogP) is 2.13. The van der Waals surface area contributed by atoms with Crippen LogP contribution in [-0.2, 0) is 6.54 Å². The number of aryl methyl sites for hydroxylation is 2. The smallest absolute Gasteiger partial charge is 0.266 e. The number of hydrogen-bond donors (Lipinski definition) is 1. The average molecular weight is 372 g/mol. The molecule has 0 fully saturated rings. The third kappa shape index (κ3) is 3.83. The Hall–Kier alpha value is -2.93. The summed E-state index contributed by atoms with van der Waals surface area (Å²) in [5.41, 5.74) is 1.94. The van der Waals surface area contributed by atoms with E-state index in [4.69, 9.17) is 11.6 Å². The van der Waals surface area contributed by atoms with Crippen molar-refractivity contribution < 1.29 is 4.79 Å². The van der Waals surface area contributed by atoms with Crippen molar-refractivity contribution in [3.8, 4) is 5.82 Å². The second kappa shape index (κ2) is 7.53. The maximum absolute atomic E-state index is 12.2. The molecule has 7 nitrogen and oxygen atoms in total. The Morgan fingerprint density at radius 1 is 1.15 bits per heavy atom. The SMILES string of the molecule is Cc1cc(C)n(-c2ccc(=O)n(CCNC(=O)c3ccccc3Cl)n2)n1. The van der Waals surface area contributed by atoms with Crippen LogP contribution in [0.4, 0.5) is 0 Å². The molecule has 0 atom stereocenters. The minimum absolute atomic E-state index is 0.238. The van der Waals surface area contributed by atoms with E-state index in [1.165, 1.54) is 10.7 Å². The molecule has 0 saturated heterocycles. The molecule has 26 heavy (non-hydrogen) atoms. The van der Waals surface area contributed by atoms with Gasteiger partial charge >= 0.3 is 0 Å². The maximum Gasteiger partial charge on any atom is 0.266 e. The standard InChI is InChI=1S/C18H18ClN5O2/c1-12-11-13(2)24(21-12)16-7-8-17(25)23(22-16)10-9-20-18(26)14-5-3-4-6-15(14)19/h3-8,11H,9-10H2,1-2H3,(H,20,26). The highest BCUT2D eigenvalue weighted by Crippen LogP contribution is 2.14. The highest BCUT2D eigenvalue weighted by Gasteiger charge is 2.10. The van der Waals surface area contributed by atoms with Gasteiger partial charge < -0.3 is 5.32 Å². The molecule has 1 N–H and O–H groups in total. The van der Waals surface area contributed by atoms with E-state index in [1.54, 1.807) is 35.0 Å². The Bertz CT molecular complexity index is 1010. The molecule has 134 valence electrons. The Balaban J connectivity index is 1.71. The first-order valence-corrected chi connectivity index (χ1v) is 8.48. The number of carbonyl (C=O) groups excluding carboxylic acids is 1. The predicted molar refractivity (Wildman–Crippen MR) is 98.9 cm³/mol. The molecule has 2 heterocycles. The van der Waals surface area contributed by atoms with Crippen LogP contribution in [0.2, 0.25) is 5.02 Å². The quantitative estimate of drug-likeness (QED) is 0.744. The Morgan fingerprint density at radius 3 is 2.62 bits per heavy atom. The molecule has 0 bridgehead atoms. The third-order valence-electron chi connectivity index (χ3n) is 3.81. The van der Waals surface area contributed by atoms with Crippen molar-refractivity contribution in [2.75, 3.05) is 6.54 Å². The highest BCUT2D eigenvalue weighted by atomic mass is 35.5. The molecule has 3 aromatic rings. The van der Waals surface area contributed by atoms with Gasteiger partial charge in [-0.2, -0.15) is 5.10 Å². The summed E-state index contributed by atoms with van der Waals surface area (Å²) in [6, 6.07) is 11.8. The van der Waals surface area contributed by atoms with Crippen LogP contribution in [-0.4, -0.2) is 32.0 Å². The molecular formula is C18H18ClN5O2. The van der Waals surface area contributed by atoms with Crippen LogP contribution in [0.5, 0.6) is 0 Å². The number of aromatic nitrogens is 4. The highest BCUT2D eigenvalue weighted by molar-refractivity contribution is 6.33. The van der Waals surface area contributed by atoms with Crippen molar-refractivity contribution in [3.05, 3.63) is 74.8 Å². The van der Waals surface area contributed by atoms with Crippen LogP contribution in [0.1, 0.15) is 21.7 Å². The number of amides is 1. The van der Waals surface area contributed by atoms with Gasteiger partial charge in [-0.15, -0.1) is 5.10 Å². The average Bonchev–Trinajstić information content (AvgIpc) is 2.95. The van der Waals surface area contributed by atoms with E-state index < -0.39 is 0 Å². The van der Waals surface area contributed by atoms with Gasteiger partial charge in [0, 0.05) is 18.3 Å². The van der Waals surface area contributed by atoms with Crippen molar-refractivity contribution >= 4 is 17.5 Å². The lowest BCUT2D eigenvalue weighted by molar-refractivity contribution is 0.0952. The second-order valence-corrected chi connectivity index (χ2v) is 6.23. The summed E-state index contributed by atoms with van der Waals surface area (Å²) in [6.07, 6.45) is 0. The van der Waals surface area contributed by atoms with E-state index in [2.05, 4.69) is 15.5 Å². The van der Waals surface area contributed by atoms with Crippen molar-refractivity contribution in [1.82, 2.24) is 24.9 Å². The molecule has 1 aromatic carbocycles. The number of benzene rings is 1. The normalized spacial score (nSPS) is 10.7. The Morgan fingerprint density at radius 2 is 1.92 bits per heavy atom. The number of carbonyl (C=O) groups is 1. The molecule has 1 amide bonds. The van der Waals surface area contributed by atoms with Gasteiger partial charge in [-0.25, -0.2) is 9.36 Å². The summed E-state index contributed by atoms with van der Waals surface area (Å²) in [7, 11) is 0. The van der Waals surface area contributed by atoms with Crippen LogP contribution in [0.15, 0.2) is 47.3 Å². The molecule has 0 unspecified atom stereocenters. The van der Waals surface area contributed by atoms with Crippen molar-refractivity contribution in [2.45, 2.75) is 20.4 Å². The first-order chi connectivity index (χ1) is 12.5. The summed E-state index contributed by atoms with van der Waals surface area (Å²) in [5, 5.41) is 11.8. The molecule has 0 radical (unpaired) electrons. The van der Waals surface area contributed by atoms with Gasteiger partial charge in [-0.3, -0.25) is 9.59 Å². The Labute approximate surface area is 155 Å². The fourth-order valence-electron chi connectivity index (χ4n) is 2.59. The van der Waals surface area contributed by atoms with Gasteiger partial charge in [0.1, 0.15) is 0 Å². The summed E-state index contributed by atoms with van der Waals surface area (Å²) < 4.78 is 2.98. The lowest BCUT2D eigenvalue weighted by Crippen LogP contribution is -2.32. The van der Waals surface area contributed by atoms with Crippen LogP contribution in [0.3, 0.4) is 0 Å². The minimum atomic E-state index is -0.293. The minimum Gasteiger partial charge on any atom is -0.350 e. The van der Waals surface area contributed by atoms with Crippen molar-refractivity contribution in [3.63, 3.8) is 0 Å². The van der Waals surface area contributed by atoms with E-state index in [0.29, 0.717) is 16.4 Å². The fourth-order valence-corrected chi connectivity index (χ4v) is 2.81. The van der Waals surface area contributed by atoms with Gasteiger partial charge in [-0.1, -0.05) is 23.7 Å². The fraction of sp³-hybridized carbons (Fsp3) is 0.222. The van der Waals surface area contributed by atoms with Gasteiger partial charge in [0.15, 0.2) is 5.82 Å². The summed E-state index contributed by atoms with van der Waals surface area (Å²) in [6.45, 7) is 4.30.